The third-order valence-electron chi connectivity index (χ3n) is 1.62. The smallest absolute Gasteiger partial charge is 0.209 e. The molecule has 0 aliphatic rings. The van der Waals surface area contributed by atoms with E-state index < -0.39 is 15.6 Å². The van der Waals surface area contributed by atoms with Gasteiger partial charge in [0, 0.05) is 26.2 Å². The van der Waals surface area contributed by atoms with Crippen molar-refractivity contribution >= 4 is 40.0 Å². The van der Waals surface area contributed by atoms with Gasteiger partial charge in [-0.05, 0) is 13.8 Å². The Morgan fingerprint density at radius 3 is 2.19 bits per heavy atom. The molecule has 0 aromatic rings. The van der Waals surface area contributed by atoms with Crippen molar-refractivity contribution in [3.63, 3.8) is 0 Å². The predicted molar refractivity (Wildman–Crippen MR) is 77.9 cm³/mol. The Labute approximate surface area is 115 Å². The van der Waals surface area contributed by atoms with Crippen LogP contribution < -0.4 is 15.4 Å². The molecule has 0 spiro atoms. The first-order chi connectivity index (χ1) is 6.70. The first kappa shape index (κ1) is 18.3. The van der Waals surface area contributed by atoms with Crippen LogP contribution in [-0.2, 0) is 10.0 Å². The van der Waals surface area contributed by atoms with Crippen LogP contribution >= 0.6 is 24.0 Å². The normalized spacial score (nSPS) is 12.9. The van der Waals surface area contributed by atoms with Gasteiger partial charge in [0.1, 0.15) is 0 Å². The zero-order valence-corrected chi connectivity index (χ0v) is 13.4. The van der Waals surface area contributed by atoms with E-state index in [1.165, 1.54) is 0 Å². The average molecular weight is 364 g/mol. The van der Waals surface area contributed by atoms with Gasteiger partial charge >= 0.3 is 0 Å². The van der Waals surface area contributed by atoms with Crippen LogP contribution in [0.25, 0.3) is 0 Å². The van der Waals surface area contributed by atoms with Gasteiger partial charge in [-0.2, -0.15) is 0 Å². The number of hydrogen-bond donors (Lipinski definition) is 3. The molecule has 0 saturated carbocycles. The van der Waals surface area contributed by atoms with E-state index in [-0.39, 0.29) is 24.0 Å². The van der Waals surface area contributed by atoms with Crippen LogP contribution in [0.3, 0.4) is 0 Å². The molecule has 98 valence electrons. The quantitative estimate of drug-likeness (QED) is 0.364. The van der Waals surface area contributed by atoms with Crippen LogP contribution in [0.4, 0.5) is 0 Å². The number of rotatable bonds is 4. The SMILES string of the molecule is CN=C(NC)NCC(C)(C)NS(C)(=O)=O.I. The molecular formula is C8H21IN4O2S. The Morgan fingerprint density at radius 2 is 1.88 bits per heavy atom. The number of hydrogen-bond acceptors (Lipinski definition) is 3. The van der Waals surface area contributed by atoms with Crippen LogP contribution in [0.1, 0.15) is 13.8 Å². The third-order valence-corrected chi connectivity index (χ3v) is 2.54. The number of aliphatic imine (C=N–C) groups is 1. The van der Waals surface area contributed by atoms with Crippen LogP contribution in [0.5, 0.6) is 0 Å². The van der Waals surface area contributed by atoms with Crippen molar-refractivity contribution in [1.82, 2.24) is 15.4 Å². The highest BCUT2D eigenvalue weighted by atomic mass is 127. The molecule has 0 fully saturated rings. The van der Waals surface area contributed by atoms with Gasteiger partial charge in [0.15, 0.2) is 5.96 Å². The average Bonchev–Trinajstić information content (AvgIpc) is 2.01. The van der Waals surface area contributed by atoms with Gasteiger partial charge in [-0.25, -0.2) is 13.1 Å². The summed E-state index contributed by atoms with van der Waals surface area (Å²) in [6.07, 6.45) is 1.14. The molecule has 0 aliphatic carbocycles. The van der Waals surface area contributed by atoms with Gasteiger partial charge in [-0.15, -0.1) is 24.0 Å². The number of nitrogens with one attached hydrogen (secondary N) is 3. The molecule has 0 aromatic carbocycles. The fraction of sp³-hybridized carbons (Fsp3) is 0.875. The molecule has 0 aromatic heterocycles. The van der Waals surface area contributed by atoms with Crippen LogP contribution in [0.15, 0.2) is 4.99 Å². The van der Waals surface area contributed by atoms with E-state index in [1.807, 2.05) is 0 Å². The Bertz CT molecular complexity index is 327. The number of halogens is 1. The zero-order valence-electron chi connectivity index (χ0n) is 10.3. The van der Waals surface area contributed by atoms with E-state index in [0.29, 0.717) is 12.5 Å². The Hall–Kier alpha value is -0.0900. The Kier molecular flexibility index (Phi) is 8.31. The Balaban J connectivity index is 0. The van der Waals surface area contributed by atoms with E-state index in [9.17, 15) is 8.42 Å². The molecule has 0 amide bonds. The van der Waals surface area contributed by atoms with E-state index in [0.717, 1.165) is 6.26 Å². The molecule has 16 heavy (non-hydrogen) atoms. The van der Waals surface area contributed by atoms with E-state index in [1.54, 1.807) is 27.9 Å². The summed E-state index contributed by atoms with van der Waals surface area (Å²) < 4.78 is 24.6. The summed E-state index contributed by atoms with van der Waals surface area (Å²) in [4.78, 5) is 3.92. The van der Waals surface area contributed by atoms with Gasteiger partial charge < -0.3 is 10.6 Å². The van der Waals surface area contributed by atoms with Crippen molar-refractivity contribution in [2.75, 3.05) is 26.9 Å². The molecule has 8 heteroatoms. The molecule has 6 nitrogen and oxygen atoms in total. The molecule has 0 unspecified atom stereocenters. The van der Waals surface area contributed by atoms with Gasteiger partial charge in [0.25, 0.3) is 0 Å². The maximum Gasteiger partial charge on any atom is 0.209 e. The van der Waals surface area contributed by atoms with Crippen molar-refractivity contribution in [2.45, 2.75) is 19.4 Å². The second kappa shape index (κ2) is 7.28. The molecule has 0 bridgehead atoms. The highest BCUT2D eigenvalue weighted by molar-refractivity contribution is 14.0. The monoisotopic (exact) mass is 364 g/mol. The van der Waals surface area contributed by atoms with Crippen molar-refractivity contribution in [1.29, 1.82) is 0 Å². The summed E-state index contributed by atoms with van der Waals surface area (Å²) in [6.45, 7) is 4.04. The summed E-state index contributed by atoms with van der Waals surface area (Å²) in [7, 11) is 0.198. The lowest BCUT2D eigenvalue weighted by Gasteiger charge is -2.26. The van der Waals surface area contributed by atoms with Crippen LogP contribution in [-0.4, -0.2) is 46.8 Å². The topological polar surface area (TPSA) is 82.6 Å². The molecule has 0 radical (unpaired) electrons. The van der Waals surface area contributed by atoms with Gasteiger partial charge in [-0.1, -0.05) is 0 Å². The van der Waals surface area contributed by atoms with Crippen LogP contribution in [0.2, 0.25) is 0 Å². The third kappa shape index (κ3) is 9.16. The lowest BCUT2D eigenvalue weighted by molar-refractivity contribution is 0.447. The summed E-state index contributed by atoms with van der Waals surface area (Å²) in [5.41, 5.74) is -0.555. The van der Waals surface area contributed by atoms with Gasteiger partial charge in [0.2, 0.25) is 10.0 Å². The minimum absolute atomic E-state index is 0. The highest BCUT2D eigenvalue weighted by Gasteiger charge is 2.21. The van der Waals surface area contributed by atoms with Gasteiger partial charge in [-0.3, -0.25) is 4.99 Å². The Morgan fingerprint density at radius 1 is 1.38 bits per heavy atom. The van der Waals surface area contributed by atoms with Gasteiger partial charge in [0.05, 0.1) is 6.26 Å². The van der Waals surface area contributed by atoms with E-state index in [2.05, 4.69) is 20.3 Å². The minimum Gasteiger partial charge on any atom is -0.359 e. The summed E-state index contributed by atoms with van der Waals surface area (Å²) in [5.74, 6) is 0.623. The highest BCUT2D eigenvalue weighted by Crippen LogP contribution is 2.01. The largest absolute Gasteiger partial charge is 0.359 e. The maximum atomic E-state index is 11.0. The minimum atomic E-state index is -3.19. The van der Waals surface area contributed by atoms with Crippen molar-refractivity contribution in [2.24, 2.45) is 4.99 Å². The van der Waals surface area contributed by atoms with Crippen molar-refractivity contribution in [3.8, 4) is 0 Å². The van der Waals surface area contributed by atoms with Crippen molar-refractivity contribution < 1.29 is 8.42 Å². The number of nitrogens with zero attached hydrogens (tertiary/aromatic N) is 1. The second-order valence-corrected chi connectivity index (χ2v) is 5.68. The molecule has 0 saturated heterocycles. The fourth-order valence-corrected chi connectivity index (χ4v) is 2.20. The fourth-order valence-electron chi connectivity index (χ4n) is 1.12. The second-order valence-electron chi connectivity index (χ2n) is 3.93. The number of guanidine groups is 1. The first-order valence-corrected chi connectivity index (χ1v) is 6.47. The maximum absolute atomic E-state index is 11.0. The summed E-state index contributed by atoms with van der Waals surface area (Å²) in [6, 6.07) is 0. The standard InChI is InChI=1S/C8H20N4O2S.HI/c1-8(2,12-15(5,13)14)6-11-7(9-3)10-4;/h12H,6H2,1-5H3,(H2,9,10,11);1H. The first-order valence-electron chi connectivity index (χ1n) is 4.57. The zero-order chi connectivity index (χ0) is 12.1. The van der Waals surface area contributed by atoms with Crippen molar-refractivity contribution in [3.05, 3.63) is 0 Å². The van der Waals surface area contributed by atoms with Crippen LogP contribution in [0, 0.1) is 0 Å². The van der Waals surface area contributed by atoms with E-state index in [4.69, 9.17) is 0 Å². The molecule has 0 atom stereocenters. The molecule has 3 N–H and O–H groups in total. The molecule has 0 aliphatic heterocycles. The molecule has 0 rings (SSSR count). The number of sulfonamides is 1. The molecular weight excluding hydrogens is 343 g/mol. The summed E-state index contributed by atoms with van der Waals surface area (Å²) in [5, 5.41) is 5.84. The molecule has 0 heterocycles. The van der Waals surface area contributed by atoms with E-state index >= 15 is 0 Å². The summed E-state index contributed by atoms with van der Waals surface area (Å²) >= 11 is 0. The lowest BCUT2D eigenvalue weighted by atomic mass is 10.1. The lowest BCUT2D eigenvalue weighted by Crippen LogP contribution is -2.52. The predicted octanol–water partition coefficient (Wildman–Crippen LogP) is -0.273.